The maximum absolute atomic E-state index is 12.7. The maximum atomic E-state index is 12.7. The SMILES string of the molecule is Cc1nn(-c2ccccc2S(=O)(=O)C(C)C)c2nc(S(C)(=O)=O)ncc12. The lowest BCUT2D eigenvalue weighted by Crippen LogP contribution is -2.17. The van der Waals surface area contributed by atoms with Crippen molar-refractivity contribution in [2.75, 3.05) is 6.26 Å². The van der Waals surface area contributed by atoms with E-state index in [2.05, 4.69) is 15.1 Å². The molecule has 2 aromatic heterocycles. The fourth-order valence-electron chi connectivity index (χ4n) is 2.50. The van der Waals surface area contributed by atoms with Crippen molar-refractivity contribution in [3.8, 4) is 5.69 Å². The van der Waals surface area contributed by atoms with Gasteiger partial charge in [0.2, 0.25) is 15.0 Å². The summed E-state index contributed by atoms with van der Waals surface area (Å²) < 4.78 is 50.4. The van der Waals surface area contributed by atoms with E-state index >= 15 is 0 Å². The van der Waals surface area contributed by atoms with Gasteiger partial charge in [-0.2, -0.15) is 10.1 Å². The second-order valence-corrected chi connectivity index (χ2v) is 10.6. The number of benzene rings is 1. The van der Waals surface area contributed by atoms with E-state index in [1.165, 1.54) is 16.9 Å². The van der Waals surface area contributed by atoms with Crippen molar-refractivity contribution in [3.05, 3.63) is 36.2 Å². The average Bonchev–Trinajstić information content (AvgIpc) is 2.90. The normalized spacial score (nSPS) is 12.8. The van der Waals surface area contributed by atoms with E-state index in [1.54, 1.807) is 39.0 Å². The summed E-state index contributed by atoms with van der Waals surface area (Å²) in [6, 6.07) is 6.44. The number of aromatic nitrogens is 4. The lowest BCUT2D eigenvalue weighted by molar-refractivity contribution is 0.585. The Bertz CT molecular complexity index is 1210. The molecule has 0 atom stereocenters. The molecule has 0 spiro atoms. The van der Waals surface area contributed by atoms with Crippen LogP contribution >= 0.6 is 0 Å². The standard InChI is InChI=1S/C16H18N4O4S2/c1-10(2)26(23,24)14-8-6-5-7-13(14)20-15-12(11(3)19-20)9-17-16(18-15)25(4,21)22/h5-10H,1-4H3. The van der Waals surface area contributed by atoms with Crippen LogP contribution in [0.2, 0.25) is 0 Å². The van der Waals surface area contributed by atoms with Crippen LogP contribution in [0.3, 0.4) is 0 Å². The molecule has 26 heavy (non-hydrogen) atoms. The first-order valence-electron chi connectivity index (χ1n) is 7.79. The summed E-state index contributed by atoms with van der Waals surface area (Å²) in [5, 5.41) is 3.97. The Morgan fingerprint density at radius 3 is 2.35 bits per heavy atom. The zero-order valence-electron chi connectivity index (χ0n) is 14.7. The van der Waals surface area contributed by atoms with Gasteiger partial charge in [-0.25, -0.2) is 26.5 Å². The fraction of sp³-hybridized carbons (Fsp3) is 0.312. The third-order valence-corrected chi connectivity index (χ3v) is 7.00. The van der Waals surface area contributed by atoms with Gasteiger partial charge in [0.25, 0.3) is 0 Å². The van der Waals surface area contributed by atoms with E-state index in [0.29, 0.717) is 16.8 Å². The molecule has 8 nitrogen and oxygen atoms in total. The van der Waals surface area contributed by atoms with Crippen molar-refractivity contribution >= 4 is 30.7 Å². The lowest BCUT2D eigenvalue weighted by Gasteiger charge is -2.13. The predicted molar refractivity (Wildman–Crippen MR) is 96.8 cm³/mol. The highest BCUT2D eigenvalue weighted by atomic mass is 32.2. The Hall–Kier alpha value is -2.33. The van der Waals surface area contributed by atoms with Crippen LogP contribution in [0.4, 0.5) is 0 Å². The molecule has 0 saturated carbocycles. The minimum absolute atomic E-state index is 0.110. The van der Waals surface area contributed by atoms with Crippen LogP contribution in [-0.4, -0.2) is 48.1 Å². The number of aryl methyl sites for hydroxylation is 1. The molecule has 0 unspecified atom stereocenters. The lowest BCUT2D eigenvalue weighted by atomic mass is 10.3. The Balaban J connectivity index is 2.38. The van der Waals surface area contributed by atoms with Gasteiger partial charge < -0.3 is 0 Å². The average molecular weight is 394 g/mol. The molecule has 0 aliphatic rings. The molecule has 3 aromatic rings. The van der Waals surface area contributed by atoms with Crippen LogP contribution in [-0.2, 0) is 19.7 Å². The first-order chi connectivity index (χ1) is 12.0. The third-order valence-electron chi connectivity index (χ3n) is 3.94. The van der Waals surface area contributed by atoms with E-state index < -0.39 is 24.9 Å². The monoisotopic (exact) mass is 394 g/mol. The molecule has 0 aliphatic carbocycles. The number of fused-ring (bicyclic) bond motifs is 1. The first kappa shape index (κ1) is 18.5. The number of sulfone groups is 2. The summed E-state index contributed by atoms with van der Waals surface area (Å²) in [4.78, 5) is 8.10. The summed E-state index contributed by atoms with van der Waals surface area (Å²) in [6.45, 7) is 4.92. The molecule has 2 heterocycles. The summed E-state index contributed by atoms with van der Waals surface area (Å²) in [7, 11) is -7.19. The summed E-state index contributed by atoms with van der Waals surface area (Å²) in [5.74, 6) is 0. The van der Waals surface area contributed by atoms with Gasteiger partial charge in [0.15, 0.2) is 15.5 Å². The van der Waals surface area contributed by atoms with Crippen molar-refractivity contribution in [2.45, 2.75) is 36.1 Å². The molecule has 0 saturated heterocycles. The third kappa shape index (κ3) is 2.99. The highest BCUT2D eigenvalue weighted by molar-refractivity contribution is 7.92. The zero-order chi connectivity index (χ0) is 19.3. The van der Waals surface area contributed by atoms with Crippen LogP contribution in [0.15, 0.2) is 40.5 Å². The van der Waals surface area contributed by atoms with Crippen LogP contribution in [0.25, 0.3) is 16.7 Å². The highest BCUT2D eigenvalue weighted by Gasteiger charge is 2.25. The molecule has 0 aliphatic heterocycles. The number of rotatable bonds is 4. The Labute approximate surface area is 151 Å². The zero-order valence-corrected chi connectivity index (χ0v) is 16.3. The van der Waals surface area contributed by atoms with E-state index in [1.807, 2.05) is 0 Å². The van der Waals surface area contributed by atoms with E-state index in [9.17, 15) is 16.8 Å². The largest absolute Gasteiger partial charge is 0.248 e. The fourth-order valence-corrected chi connectivity index (χ4v) is 4.22. The predicted octanol–water partition coefficient (Wildman–Crippen LogP) is 1.71. The minimum atomic E-state index is -3.62. The molecule has 138 valence electrons. The maximum Gasteiger partial charge on any atom is 0.248 e. The first-order valence-corrected chi connectivity index (χ1v) is 11.2. The molecule has 3 rings (SSSR count). The highest BCUT2D eigenvalue weighted by Crippen LogP contribution is 2.27. The van der Waals surface area contributed by atoms with Crippen molar-refractivity contribution < 1.29 is 16.8 Å². The number of para-hydroxylation sites is 1. The van der Waals surface area contributed by atoms with Crippen molar-refractivity contribution in [3.63, 3.8) is 0 Å². The topological polar surface area (TPSA) is 112 Å². The molecule has 0 fully saturated rings. The van der Waals surface area contributed by atoms with Crippen LogP contribution < -0.4 is 0 Å². The molecule has 0 bridgehead atoms. The summed E-state index contributed by atoms with van der Waals surface area (Å²) in [6.07, 6.45) is 2.40. The molecule has 0 radical (unpaired) electrons. The van der Waals surface area contributed by atoms with Gasteiger partial charge in [-0.1, -0.05) is 12.1 Å². The van der Waals surface area contributed by atoms with Crippen LogP contribution in [0.5, 0.6) is 0 Å². The van der Waals surface area contributed by atoms with Gasteiger partial charge in [-0.3, -0.25) is 0 Å². The van der Waals surface area contributed by atoms with E-state index in [0.717, 1.165) is 6.26 Å². The second-order valence-electron chi connectivity index (χ2n) is 6.22. The van der Waals surface area contributed by atoms with Crippen molar-refractivity contribution in [1.29, 1.82) is 0 Å². The molecule has 1 aromatic carbocycles. The summed E-state index contributed by atoms with van der Waals surface area (Å²) >= 11 is 0. The number of nitrogens with zero attached hydrogens (tertiary/aromatic N) is 4. The quantitative estimate of drug-likeness (QED) is 0.619. The van der Waals surface area contributed by atoms with Gasteiger partial charge in [-0.15, -0.1) is 0 Å². The smallest absolute Gasteiger partial charge is 0.226 e. The van der Waals surface area contributed by atoms with E-state index in [4.69, 9.17) is 0 Å². The van der Waals surface area contributed by atoms with Gasteiger partial charge in [0.05, 0.1) is 26.9 Å². The number of hydrogen-bond donors (Lipinski definition) is 0. The molecular weight excluding hydrogens is 376 g/mol. The molecule has 0 amide bonds. The van der Waals surface area contributed by atoms with Gasteiger partial charge in [0, 0.05) is 12.5 Å². The van der Waals surface area contributed by atoms with Crippen LogP contribution in [0, 0.1) is 6.92 Å². The van der Waals surface area contributed by atoms with Gasteiger partial charge >= 0.3 is 0 Å². The van der Waals surface area contributed by atoms with Gasteiger partial charge in [0.1, 0.15) is 0 Å². The van der Waals surface area contributed by atoms with Gasteiger partial charge in [-0.05, 0) is 32.9 Å². The molecule has 10 heteroatoms. The minimum Gasteiger partial charge on any atom is -0.226 e. The Morgan fingerprint density at radius 1 is 1.08 bits per heavy atom. The summed E-state index contributed by atoms with van der Waals surface area (Å²) in [5.41, 5.74) is 1.12. The Morgan fingerprint density at radius 2 is 1.73 bits per heavy atom. The van der Waals surface area contributed by atoms with Crippen LogP contribution in [0.1, 0.15) is 19.5 Å². The molecular formula is C16H18N4O4S2. The number of hydrogen-bond acceptors (Lipinski definition) is 7. The van der Waals surface area contributed by atoms with E-state index in [-0.39, 0.29) is 15.7 Å². The van der Waals surface area contributed by atoms with Crippen molar-refractivity contribution in [2.24, 2.45) is 0 Å². The van der Waals surface area contributed by atoms with Crippen molar-refractivity contribution in [1.82, 2.24) is 19.7 Å². The second kappa shape index (κ2) is 6.13. The Kier molecular flexibility index (Phi) is 4.35. The molecule has 0 N–H and O–H groups in total.